The third kappa shape index (κ3) is 1.87. The van der Waals surface area contributed by atoms with Crippen LogP contribution in [0.5, 0.6) is 0 Å². The Balaban J connectivity index is 2.46. The van der Waals surface area contributed by atoms with E-state index < -0.39 is 0 Å². The van der Waals surface area contributed by atoms with Gasteiger partial charge in [-0.3, -0.25) is 9.25 Å². The number of aryl methyl sites for hydroxylation is 2. The third-order valence-corrected chi connectivity index (χ3v) is 2.36. The zero-order valence-electron chi connectivity index (χ0n) is 8.68. The number of nitrogens with zero attached hydrogens (tertiary/aromatic N) is 5. The molecule has 0 bridgehead atoms. The third-order valence-electron chi connectivity index (χ3n) is 2.11. The Morgan fingerprint density at radius 1 is 1.40 bits per heavy atom. The van der Waals surface area contributed by atoms with Crippen molar-refractivity contribution in [3.8, 4) is 5.69 Å². The lowest BCUT2D eigenvalue weighted by atomic mass is 10.3. The van der Waals surface area contributed by atoms with Crippen LogP contribution in [0.3, 0.4) is 0 Å². The van der Waals surface area contributed by atoms with E-state index in [2.05, 4.69) is 22.2 Å². The molecule has 0 saturated carbocycles. The number of aromatic nitrogens is 5. The first kappa shape index (κ1) is 10.2. The Bertz CT molecular complexity index is 459. The molecule has 0 aliphatic heterocycles. The van der Waals surface area contributed by atoms with Crippen molar-refractivity contribution in [2.75, 3.05) is 0 Å². The van der Waals surface area contributed by atoms with Crippen LogP contribution in [-0.4, -0.2) is 24.5 Å². The Morgan fingerprint density at radius 2 is 2.20 bits per heavy atom. The van der Waals surface area contributed by atoms with Gasteiger partial charge >= 0.3 is 0 Å². The largest absolute Gasteiger partial charge is 0.274 e. The predicted molar refractivity (Wildman–Crippen MR) is 57.1 cm³/mol. The zero-order chi connectivity index (χ0) is 10.8. The summed E-state index contributed by atoms with van der Waals surface area (Å²) in [4.78, 5) is 0. The van der Waals surface area contributed by atoms with E-state index in [0.29, 0.717) is 5.28 Å². The molecule has 0 unspecified atom stereocenters. The summed E-state index contributed by atoms with van der Waals surface area (Å²) >= 11 is 5.98. The van der Waals surface area contributed by atoms with Gasteiger partial charge in [-0.25, -0.2) is 0 Å². The molecule has 0 atom stereocenters. The fourth-order valence-corrected chi connectivity index (χ4v) is 1.69. The Morgan fingerprint density at radius 3 is 2.80 bits per heavy atom. The number of rotatable bonds is 3. The number of hydrogen-bond acceptors (Lipinski definition) is 3. The summed E-state index contributed by atoms with van der Waals surface area (Å²) in [5, 5.41) is 12.4. The number of hydrogen-bond donors (Lipinski definition) is 0. The van der Waals surface area contributed by atoms with Crippen LogP contribution >= 0.6 is 11.6 Å². The van der Waals surface area contributed by atoms with E-state index in [1.165, 1.54) is 0 Å². The molecule has 2 rings (SSSR count). The molecule has 6 heteroatoms. The van der Waals surface area contributed by atoms with Gasteiger partial charge in [0.15, 0.2) is 0 Å². The maximum absolute atomic E-state index is 5.98. The van der Waals surface area contributed by atoms with Crippen LogP contribution in [0.4, 0.5) is 0 Å². The minimum atomic E-state index is 0.381. The van der Waals surface area contributed by atoms with E-state index in [-0.39, 0.29) is 0 Å². The molecule has 0 amide bonds. The molecule has 2 aromatic heterocycles. The lowest BCUT2D eigenvalue weighted by Crippen LogP contribution is -2.00. The highest BCUT2D eigenvalue weighted by Gasteiger charge is 2.12. The first-order valence-electron chi connectivity index (χ1n) is 4.81. The molecule has 0 N–H and O–H groups in total. The summed E-state index contributed by atoms with van der Waals surface area (Å²) in [7, 11) is 1.86. The van der Waals surface area contributed by atoms with Crippen molar-refractivity contribution in [3.63, 3.8) is 0 Å². The van der Waals surface area contributed by atoms with E-state index in [4.69, 9.17) is 11.6 Å². The second-order valence-corrected chi connectivity index (χ2v) is 3.68. The molecule has 0 aliphatic carbocycles. The summed E-state index contributed by atoms with van der Waals surface area (Å²) < 4.78 is 3.54. The highest BCUT2D eigenvalue weighted by molar-refractivity contribution is 6.28. The van der Waals surface area contributed by atoms with Gasteiger partial charge in [0.2, 0.25) is 5.28 Å². The molecule has 2 heterocycles. The van der Waals surface area contributed by atoms with Crippen LogP contribution in [0.2, 0.25) is 5.28 Å². The first-order valence-corrected chi connectivity index (χ1v) is 5.19. The quantitative estimate of drug-likeness (QED) is 0.798. The van der Waals surface area contributed by atoms with Gasteiger partial charge < -0.3 is 0 Å². The maximum atomic E-state index is 5.98. The van der Waals surface area contributed by atoms with Crippen LogP contribution in [0, 0.1) is 0 Å². The lowest BCUT2D eigenvalue weighted by molar-refractivity contribution is 0.765. The van der Waals surface area contributed by atoms with E-state index in [0.717, 1.165) is 24.4 Å². The minimum absolute atomic E-state index is 0.381. The topological polar surface area (TPSA) is 48.5 Å². The summed E-state index contributed by atoms with van der Waals surface area (Å²) in [6, 6.07) is 0. The van der Waals surface area contributed by atoms with Gasteiger partial charge in [-0.1, -0.05) is 6.92 Å². The summed E-state index contributed by atoms with van der Waals surface area (Å²) in [5.74, 6) is 0.871. The second kappa shape index (κ2) is 4.02. The van der Waals surface area contributed by atoms with Crippen LogP contribution < -0.4 is 0 Å². The van der Waals surface area contributed by atoms with E-state index >= 15 is 0 Å². The van der Waals surface area contributed by atoms with Gasteiger partial charge in [0.1, 0.15) is 5.82 Å². The molecule has 0 radical (unpaired) electrons. The molecule has 80 valence electrons. The zero-order valence-corrected chi connectivity index (χ0v) is 9.44. The molecule has 2 aromatic rings. The predicted octanol–water partition coefficient (Wildman–Crippen LogP) is 1.61. The Hall–Kier alpha value is -1.36. The minimum Gasteiger partial charge on any atom is -0.274 e. The molecule has 0 fully saturated rings. The van der Waals surface area contributed by atoms with Crippen LogP contribution in [0.1, 0.15) is 19.2 Å². The molecule has 0 aliphatic rings. The average Bonchev–Trinajstić information content (AvgIpc) is 2.74. The molecular weight excluding hydrogens is 214 g/mol. The molecular formula is C9H12ClN5. The van der Waals surface area contributed by atoms with Gasteiger partial charge in [0, 0.05) is 19.7 Å². The van der Waals surface area contributed by atoms with Crippen LogP contribution in [0.25, 0.3) is 5.69 Å². The average molecular weight is 226 g/mol. The summed E-state index contributed by atoms with van der Waals surface area (Å²) in [6.07, 6.45) is 5.49. The van der Waals surface area contributed by atoms with Crippen molar-refractivity contribution in [1.82, 2.24) is 24.5 Å². The van der Waals surface area contributed by atoms with Crippen LogP contribution in [0.15, 0.2) is 12.4 Å². The highest BCUT2D eigenvalue weighted by atomic mass is 35.5. The van der Waals surface area contributed by atoms with Crippen molar-refractivity contribution in [1.29, 1.82) is 0 Å². The van der Waals surface area contributed by atoms with Crippen molar-refractivity contribution in [2.45, 2.75) is 19.8 Å². The molecule has 15 heavy (non-hydrogen) atoms. The lowest BCUT2D eigenvalue weighted by Gasteiger charge is -2.02. The van der Waals surface area contributed by atoms with Crippen molar-refractivity contribution in [2.24, 2.45) is 7.05 Å². The van der Waals surface area contributed by atoms with Gasteiger partial charge in [0.05, 0.1) is 11.9 Å². The molecule has 0 aromatic carbocycles. The standard InChI is InChI=1S/C9H12ClN5/c1-3-4-8-12-13-9(10)15(8)7-5-11-14(2)6-7/h5-6H,3-4H2,1-2H3. The Labute approximate surface area is 92.7 Å². The van der Waals surface area contributed by atoms with Crippen molar-refractivity contribution in [3.05, 3.63) is 23.5 Å². The molecule has 0 spiro atoms. The summed E-state index contributed by atoms with van der Waals surface area (Å²) in [6.45, 7) is 2.09. The fraction of sp³-hybridized carbons (Fsp3) is 0.444. The number of halogens is 1. The van der Waals surface area contributed by atoms with Gasteiger partial charge in [0.25, 0.3) is 0 Å². The fourth-order valence-electron chi connectivity index (χ4n) is 1.46. The van der Waals surface area contributed by atoms with Gasteiger partial charge in [-0.05, 0) is 18.0 Å². The van der Waals surface area contributed by atoms with E-state index in [9.17, 15) is 0 Å². The normalized spacial score (nSPS) is 10.9. The van der Waals surface area contributed by atoms with Crippen molar-refractivity contribution < 1.29 is 0 Å². The van der Waals surface area contributed by atoms with Crippen molar-refractivity contribution >= 4 is 11.6 Å². The molecule has 5 nitrogen and oxygen atoms in total. The van der Waals surface area contributed by atoms with Crippen LogP contribution in [-0.2, 0) is 13.5 Å². The van der Waals surface area contributed by atoms with E-state index in [1.54, 1.807) is 10.9 Å². The Kier molecular flexibility index (Phi) is 2.73. The molecule has 0 saturated heterocycles. The highest BCUT2D eigenvalue weighted by Crippen LogP contribution is 2.16. The summed E-state index contributed by atoms with van der Waals surface area (Å²) in [5.41, 5.74) is 0.899. The van der Waals surface area contributed by atoms with Gasteiger partial charge in [-0.2, -0.15) is 5.10 Å². The van der Waals surface area contributed by atoms with Gasteiger partial charge in [-0.15, -0.1) is 10.2 Å². The second-order valence-electron chi connectivity index (χ2n) is 3.34. The van der Waals surface area contributed by atoms with E-state index in [1.807, 2.05) is 17.8 Å². The first-order chi connectivity index (χ1) is 7.22. The monoisotopic (exact) mass is 225 g/mol. The smallest absolute Gasteiger partial charge is 0.229 e. The maximum Gasteiger partial charge on any atom is 0.229 e. The SMILES string of the molecule is CCCc1nnc(Cl)n1-c1cnn(C)c1.